The number of hydrogen-bond donors (Lipinski definition) is 1. The van der Waals surface area contributed by atoms with Crippen molar-refractivity contribution in [2.75, 3.05) is 39.5 Å². The standard InChI is InChI=1S/C20H30ClN3O3/c1-3-22-20(23-13-15-7-8-16(21)12-18(15)25-4-2)24-9-11-27-19(14-24)17-6-5-10-26-17/h7-8,12,17,19H,3-6,9-11,13-14H2,1-2H3,(H,22,23). The first-order chi connectivity index (χ1) is 13.2. The van der Waals surface area contributed by atoms with Gasteiger partial charge in [0.05, 0.1) is 25.9 Å². The second kappa shape index (κ2) is 10.2. The molecule has 7 heteroatoms. The molecule has 2 heterocycles. The molecule has 27 heavy (non-hydrogen) atoms. The highest BCUT2D eigenvalue weighted by molar-refractivity contribution is 6.30. The molecule has 2 atom stereocenters. The van der Waals surface area contributed by atoms with Gasteiger partial charge in [0.2, 0.25) is 0 Å². The average molecular weight is 396 g/mol. The summed E-state index contributed by atoms with van der Waals surface area (Å²) in [5.41, 5.74) is 1.03. The molecule has 2 aliphatic rings. The predicted molar refractivity (Wildman–Crippen MR) is 108 cm³/mol. The number of halogens is 1. The van der Waals surface area contributed by atoms with Gasteiger partial charge in [-0.25, -0.2) is 4.99 Å². The Morgan fingerprint density at radius 1 is 1.30 bits per heavy atom. The van der Waals surface area contributed by atoms with Crippen molar-refractivity contribution in [1.82, 2.24) is 10.2 Å². The lowest BCUT2D eigenvalue weighted by Gasteiger charge is -2.37. The molecular weight excluding hydrogens is 366 g/mol. The van der Waals surface area contributed by atoms with Crippen LogP contribution in [0.5, 0.6) is 5.75 Å². The van der Waals surface area contributed by atoms with E-state index in [1.165, 1.54) is 0 Å². The molecule has 0 spiro atoms. The highest BCUT2D eigenvalue weighted by atomic mass is 35.5. The fourth-order valence-electron chi connectivity index (χ4n) is 3.52. The number of nitrogens with zero attached hydrogens (tertiary/aromatic N) is 2. The molecular formula is C20H30ClN3O3. The van der Waals surface area contributed by atoms with Crippen LogP contribution in [0.1, 0.15) is 32.3 Å². The molecule has 1 aromatic carbocycles. The lowest BCUT2D eigenvalue weighted by molar-refractivity contribution is -0.0817. The van der Waals surface area contributed by atoms with E-state index in [1.807, 2.05) is 25.1 Å². The molecule has 0 bridgehead atoms. The van der Waals surface area contributed by atoms with Crippen LogP contribution < -0.4 is 10.1 Å². The molecule has 150 valence electrons. The fourth-order valence-corrected chi connectivity index (χ4v) is 3.69. The molecule has 0 aliphatic carbocycles. The third-order valence-corrected chi connectivity index (χ3v) is 5.07. The quantitative estimate of drug-likeness (QED) is 0.592. The number of guanidine groups is 1. The number of aliphatic imine (C=N–C) groups is 1. The fraction of sp³-hybridized carbons (Fsp3) is 0.650. The van der Waals surface area contributed by atoms with Crippen LogP contribution in [0.4, 0.5) is 0 Å². The predicted octanol–water partition coefficient (Wildman–Crippen LogP) is 3.08. The number of hydrogen-bond acceptors (Lipinski definition) is 4. The normalized spacial score (nSPS) is 23.5. The van der Waals surface area contributed by atoms with Gasteiger partial charge in [0.1, 0.15) is 11.9 Å². The van der Waals surface area contributed by atoms with E-state index >= 15 is 0 Å². The van der Waals surface area contributed by atoms with Crippen molar-refractivity contribution in [2.24, 2.45) is 4.99 Å². The van der Waals surface area contributed by atoms with Gasteiger partial charge in [-0.2, -0.15) is 0 Å². The molecule has 2 aliphatic heterocycles. The Labute approximate surface area is 166 Å². The van der Waals surface area contributed by atoms with E-state index in [0.29, 0.717) is 24.8 Å². The van der Waals surface area contributed by atoms with Crippen LogP contribution >= 0.6 is 11.6 Å². The first kappa shape index (κ1) is 20.2. The van der Waals surface area contributed by atoms with Gasteiger partial charge in [0.25, 0.3) is 0 Å². The van der Waals surface area contributed by atoms with E-state index in [9.17, 15) is 0 Å². The summed E-state index contributed by atoms with van der Waals surface area (Å²) in [5, 5.41) is 4.08. The minimum atomic E-state index is 0.111. The highest BCUT2D eigenvalue weighted by Gasteiger charge is 2.32. The molecule has 2 saturated heterocycles. The van der Waals surface area contributed by atoms with Gasteiger partial charge in [-0.15, -0.1) is 0 Å². The number of nitrogens with one attached hydrogen (secondary N) is 1. The highest BCUT2D eigenvalue weighted by Crippen LogP contribution is 2.25. The van der Waals surface area contributed by atoms with E-state index in [0.717, 1.165) is 56.4 Å². The van der Waals surface area contributed by atoms with Gasteiger partial charge in [-0.1, -0.05) is 17.7 Å². The number of rotatable bonds is 6. The van der Waals surface area contributed by atoms with Gasteiger partial charge >= 0.3 is 0 Å². The summed E-state index contributed by atoms with van der Waals surface area (Å²) in [7, 11) is 0. The summed E-state index contributed by atoms with van der Waals surface area (Å²) in [5.74, 6) is 1.70. The van der Waals surface area contributed by atoms with Crippen molar-refractivity contribution in [1.29, 1.82) is 0 Å². The number of ether oxygens (including phenoxy) is 3. The summed E-state index contributed by atoms with van der Waals surface area (Å²) in [6.45, 7) is 9.18. The minimum absolute atomic E-state index is 0.111. The maximum absolute atomic E-state index is 6.10. The van der Waals surface area contributed by atoms with Gasteiger partial charge < -0.3 is 24.4 Å². The Bertz CT molecular complexity index is 635. The van der Waals surface area contributed by atoms with Crippen LogP contribution in [-0.2, 0) is 16.0 Å². The van der Waals surface area contributed by atoms with Crippen LogP contribution in [0.25, 0.3) is 0 Å². The molecule has 6 nitrogen and oxygen atoms in total. The topological polar surface area (TPSA) is 55.3 Å². The Kier molecular flexibility index (Phi) is 7.61. The van der Waals surface area contributed by atoms with Crippen LogP contribution in [0.15, 0.2) is 23.2 Å². The minimum Gasteiger partial charge on any atom is -0.493 e. The monoisotopic (exact) mass is 395 g/mol. The summed E-state index contributed by atoms with van der Waals surface area (Å²) in [6.07, 6.45) is 2.51. The van der Waals surface area contributed by atoms with Crippen molar-refractivity contribution >= 4 is 17.6 Å². The Balaban J connectivity index is 1.70. The molecule has 0 aromatic heterocycles. The van der Waals surface area contributed by atoms with Crippen LogP contribution in [-0.4, -0.2) is 62.5 Å². The lowest BCUT2D eigenvalue weighted by atomic mass is 10.1. The van der Waals surface area contributed by atoms with E-state index in [2.05, 4.69) is 17.1 Å². The van der Waals surface area contributed by atoms with Crippen LogP contribution in [0, 0.1) is 0 Å². The van der Waals surface area contributed by atoms with E-state index in [1.54, 1.807) is 0 Å². The third-order valence-electron chi connectivity index (χ3n) is 4.84. The zero-order chi connectivity index (χ0) is 19.1. The van der Waals surface area contributed by atoms with E-state index < -0.39 is 0 Å². The van der Waals surface area contributed by atoms with Crippen molar-refractivity contribution in [3.05, 3.63) is 28.8 Å². The second-order valence-electron chi connectivity index (χ2n) is 6.76. The number of morpholine rings is 1. The molecule has 2 fully saturated rings. The largest absolute Gasteiger partial charge is 0.493 e. The average Bonchev–Trinajstić information content (AvgIpc) is 3.21. The van der Waals surface area contributed by atoms with Crippen molar-refractivity contribution in [2.45, 2.75) is 45.4 Å². The van der Waals surface area contributed by atoms with Gasteiger partial charge in [-0.05, 0) is 38.8 Å². The summed E-state index contributed by atoms with van der Waals surface area (Å²) in [4.78, 5) is 7.13. The van der Waals surface area contributed by atoms with Crippen molar-refractivity contribution in [3.63, 3.8) is 0 Å². The third kappa shape index (κ3) is 5.50. The zero-order valence-electron chi connectivity index (χ0n) is 16.2. The van der Waals surface area contributed by atoms with Gasteiger partial charge in [0.15, 0.2) is 5.96 Å². The first-order valence-corrected chi connectivity index (χ1v) is 10.3. The van der Waals surface area contributed by atoms with Gasteiger partial charge in [0, 0.05) is 36.8 Å². The van der Waals surface area contributed by atoms with Gasteiger partial charge in [-0.3, -0.25) is 0 Å². The smallest absolute Gasteiger partial charge is 0.194 e. The molecule has 1 N–H and O–H groups in total. The SMILES string of the molecule is CCNC(=NCc1ccc(Cl)cc1OCC)N1CCOC(C2CCCO2)C1. The van der Waals surface area contributed by atoms with Crippen LogP contribution in [0.2, 0.25) is 5.02 Å². The molecule has 0 amide bonds. The molecule has 0 saturated carbocycles. The summed E-state index contributed by atoms with van der Waals surface area (Å²) >= 11 is 6.10. The second-order valence-corrected chi connectivity index (χ2v) is 7.20. The Morgan fingerprint density at radius 3 is 2.89 bits per heavy atom. The maximum Gasteiger partial charge on any atom is 0.194 e. The lowest BCUT2D eigenvalue weighted by Crippen LogP contribution is -2.53. The number of benzene rings is 1. The van der Waals surface area contributed by atoms with E-state index in [4.69, 9.17) is 30.8 Å². The van der Waals surface area contributed by atoms with E-state index in [-0.39, 0.29) is 12.2 Å². The van der Waals surface area contributed by atoms with Crippen LogP contribution in [0.3, 0.4) is 0 Å². The maximum atomic E-state index is 6.10. The molecule has 3 rings (SSSR count). The molecule has 1 aromatic rings. The summed E-state index contributed by atoms with van der Waals surface area (Å²) in [6, 6.07) is 5.71. The van der Waals surface area contributed by atoms with Crippen molar-refractivity contribution < 1.29 is 14.2 Å². The zero-order valence-corrected chi connectivity index (χ0v) is 17.0. The Morgan fingerprint density at radius 2 is 2.15 bits per heavy atom. The Hall–Kier alpha value is -1.50. The van der Waals surface area contributed by atoms with Crippen molar-refractivity contribution in [3.8, 4) is 5.75 Å². The summed E-state index contributed by atoms with van der Waals surface area (Å²) < 4.78 is 17.5. The molecule has 2 unspecified atom stereocenters. The first-order valence-electron chi connectivity index (χ1n) is 9.89. The molecule has 0 radical (unpaired) electrons.